The van der Waals surface area contributed by atoms with Crippen LogP contribution in [0.2, 0.25) is 0 Å². The van der Waals surface area contributed by atoms with Crippen molar-refractivity contribution >= 4 is 30.8 Å². The monoisotopic (exact) mass is 435 g/mol. The van der Waals surface area contributed by atoms with Gasteiger partial charge in [0.25, 0.3) is 0 Å². The van der Waals surface area contributed by atoms with Crippen molar-refractivity contribution in [1.82, 2.24) is 30.7 Å². The minimum Gasteiger partial charge on any atom is -0.507 e. The largest absolute Gasteiger partial charge is 0.507 e. The van der Waals surface area contributed by atoms with Crippen LogP contribution in [-0.2, 0) is 0 Å². The topological polar surface area (TPSA) is 103 Å². The molecule has 3 N–H and O–H groups in total. The molecule has 3 heterocycles. The molecule has 2 aliphatic rings. The molecule has 1 aromatic carbocycles. The zero-order chi connectivity index (χ0) is 18.3. The molecule has 1 saturated carbocycles. The molecule has 0 amide bonds. The van der Waals surface area contributed by atoms with Gasteiger partial charge in [0, 0.05) is 42.5 Å². The van der Waals surface area contributed by atoms with Crippen LogP contribution in [0.3, 0.4) is 0 Å². The lowest BCUT2D eigenvalue weighted by molar-refractivity contribution is 0.172. The summed E-state index contributed by atoms with van der Waals surface area (Å²) in [5, 5.41) is 29.4. The van der Waals surface area contributed by atoms with Gasteiger partial charge in [-0.3, -0.25) is 5.10 Å². The molecule has 154 valence electrons. The Bertz CT molecular complexity index is 946. The number of H-pyrrole nitrogens is 1. The first kappa shape index (κ1) is 21.3. The third kappa shape index (κ3) is 4.01. The second kappa shape index (κ2) is 8.52. The summed E-state index contributed by atoms with van der Waals surface area (Å²) in [5.74, 6) is 0.800. The summed E-state index contributed by atoms with van der Waals surface area (Å²) in [6.45, 7) is 2.76. The molecule has 3 aromatic rings. The van der Waals surface area contributed by atoms with Crippen LogP contribution in [0.25, 0.3) is 22.4 Å². The van der Waals surface area contributed by atoms with Crippen LogP contribution < -0.4 is 10.2 Å². The van der Waals surface area contributed by atoms with Gasteiger partial charge in [-0.1, -0.05) is 6.07 Å². The van der Waals surface area contributed by atoms with Gasteiger partial charge < -0.3 is 15.3 Å². The molecule has 10 heteroatoms. The molecule has 1 aliphatic carbocycles. The maximum atomic E-state index is 10.4. The lowest BCUT2D eigenvalue weighted by Gasteiger charge is -2.49. The average molecular weight is 436 g/mol. The highest BCUT2D eigenvalue weighted by Gasteiger charge is 2.41. The Hall–Kier alpha value is -2.42. The van der Waals surface area contributed by atoms with E-state index >= 15 is 0 Å². The zero-order valence-corrected chi connectivity index (χ0v) is 17.3. The van der Waals surface area contributed by atoms with Crippen LogP contribution >= 0.6 is 24.8 Å². The van der Waals surface area contributed by atoms with Gasteiger partial charge in [-0.2, -0.15) is 5.10 Å². The van der Waals surface area contributed by atoms with Crippen molar-refractivity contribution in [3.8, 4) is 28.1 Å². The van der Waals surface area contributed by atoms with Gasteiger partial charge in [0.15, 0.2) is 0 Å². The first-order valence-electron chi connectivity index (χ1n) is 9.25. The normalized spacial score (nSPS) is 17.2. The minimum atomic E-state index is 0. The molecular weight excluding hydrogens is 413 g/mol. The van der Waals surface area contributed by atoms with Crippen LogP contribution in [0.4, 0.5) is 5.95 Å². The number of halogens is 2. The van der Waals surface area contributed by atoms with Crippen molar-refractivity contribution in [2.45, 2.75) is 24.8 Å². The summed E-state index contributed by atoms with van der Waals surface area (Å²) in [5.41, 5.74) is 3.21. The Kier molecular flexibility index (Phi) is 6.26. The van der Waals surface area contributed by atoms with E-state index in [-0.39, 0.29) is 36.1 Å². The molecule has 1 aliphatic heterocycles. The molecular formula is C19H23Cl2N7O. The Labute approximate surface area is 181 Å². The summed E-state index contributed by atoms with van der Waals surface area (Å²) in [7, 11) is 0. The molecule has 2 aromatic heterocycles. The maximum Gasteiger partial charge on any atom is 0.245 e. The van der Waals surface area contributed by atoms with Gasteiger partial charge in [-0.25, -0.2) is 4.98 Å². The number of rotatable bonds is 3. The van der Waals surface area contributed by atoms with E-state index < -0.39 is 0 Å². The van der Waals surface area contributed by atoms with Gasteiger partial charge >= 0.3 is 0 Å². The van der Waals surface area contributed by atoms with Gasteiger partial charge in [-0.05, 0) is 37.0 Å². The molecule has 8 nitrogen and oxygen atoms in total. The number of aromatic hydroxyl groups is 1. The molecule has 0 atom stereocenters. The first-order valence-corrected chi connectivity index (χ1v) is 9.25. The third-order valence-electron chi connectivity index (χ3n) is 5.62. The van der Waals surface area contributed by atoms with Crippen molar-refractivity contribution in [3.05, 3.63) is 36.8 Å². The van der Waals surface area contributed by atoms with Crippen molar-refractivity contribution in [3.63, 3.8) is 0 Å². The number of anilines is 1. The summed E-state index contributed by atoms with van der Waals surface area (Å²) < 4.78 is 0. The van der Waals surface area contributed by atoms with E-state index in [9.17, 15) is 5.11 Å². The summed E-state index contributed by atoms with van der Waals surface area (Å²) >= 11 is 0. The Morgan fingerprint density at radius 2 is 1.93 bits per heavy atom. The van der Waals surface area contributed by atoms with Gasteiger partial charge in [0.05, 0.1) is 12.4 Å². The van der Waals surface area contributed by atoms with E-state index in [1.54, 1.807) is 24.7 Å². The van der Waals surface area contributed by atoms with Crippen molar-refractivity contribution in [1.29, 1.82) is 0 Å². The number of hydrogen-bond donors (Lipinski definition) is 3. The second-order valence-electron chi connectivity index (χ2n) is 7.34. The SMILES string of the molecule is Cl.Cl.Oc1cc(-c2cn[nH]c2)ccc1-c1cnc(N2CCNC3(CCC3)C2)nn1. The molecule has 2 fully saturated rings. The van der Waals surface area contributed by atoms with Crippen LogP contribution in [0.5, 0.6) is 5.75 Å². The molecule has 29 heavy (non-hydrogen) atoms. The van der Waals surface area contributed by atoms with Crippen molar-refractivity contribution in [2.75, 3.05) is 24.5 Å². The number of piperazine rings is 1. The molecule has 5 rings (SSSR count). The third-order valence-corrected chi connectivity index (χ3v) is 5.62. The van der Waals surface area contributed by atoms with Crippen LogP contribution in [0, 0.1) is 0 Å². The Morgan fingerprint density at radius 1 is 1.07 bits per heavy atom. The van der Waals surface area contributed by atoms with E-state index in [1.807, 2.05) is 12.1 Å². The number of nitrogens with one attached hydrogen (secondary N) is 2. The average Bonchev–Trinajstić information content (AvgIpc) is 3.22. The predicted octanol–water partition coefficient (Wildman–Crippen LogP) is 2.81. The molecule has 0 radical (unpaired) electrons. The molecule has 1 spiro atoms. The predicted molar refractivity (Wildman–Crippen MR) is 116 cm³/mol. The van der Waals surface area contributed by atoms with E-state index in [1.165, 1.54) is 19.3 Å². The van der Waals surface area contributed by atoms with Crippen LogP contribution in [0.15, 0.2) is 36.8 Å². The highest BCUT2D eigenvalue weighted by atomic mass is 35.5. The fourth-order valence-electron chi connectivity index (χ4n) is 3.94. The minimum absolute atomic E-state index is 0. The Balaban J connectivity index is 0.00000120. The van der Waals surface area contributed by atoms with Gasteiger partial charge in [0.2, 0.25) is 5.95 Å². The lowest BCUT2D eigenvalue weighted by atomic mass is 9.75. The van der Waals surface area contributed by atoms with E-state index in [0.717, 1.165) is 30.8 Å². The quantitative estimate of drug-likeness (QED) is 0.580. The number of aromatic nitrogens is 5. The molecule has 0 bridgehead atoms. The fraction of sp³-hybridized carbons (Fsp3) is 0.368. The van der Waals surface area contributed by atoms with Crippen molar-refractivity contribution in [2.24, 2.45) is 0 Å². The lowest BCUT2D eigenvalue weighted by Crippen LogP contribution is -2.64. The van der Waals surface area contributed by atoms with E-state index in [4.69, 9.17) is 0 Å². The van der Waals surface area contributed by atoms with E-state index in [0.29, 0.717) is 17.2 Å². The Morgan fingerprint density at radius 3 is 2.55 bits per heavy atom. The highest BCUT2D eigenvalue weighted by molar-refractivity contribution is 5.85. The number of phenolic OH excluding ortho intramolecular Hbond substituents is 1. The number of aromatic amines is 1. The standard InChI is InChI=1S/C19H21N7O.2ClH/c27-17-8-13(14-9-22-23-10-14)2-3-15(17)16-11-20-18(25-24-16)26-7-6-21-19(12-26)4-1-5-19;;/h2-3,8-11,21,27H,1,4-7,12H2,(H,22,23);2*1H. The first-order chi connectivity index (χ1) is 13.2. The number of hydrogen-bond acceptors (Lipinski definition) is 7. The van der Waals surface area contributed by atoms with Crippen LogP contribution in [-0.4, -0.2) is 55.7 Å². The van der Waals surface area contributed by atoms with Crippen molar-refractivity contribution < 1.29 is 5.11 Å². The summed E-state index contributed by atoms with van der Waals surface area (Å²) in [4.78, 5) is 6.72. The number of phenols is 1. The van der Waals surface area contributed by atoms with Gasteiger partial charge in [-0.15, -0.1) is 35.0 Å². The smallest absolute Gasteiger partial charge is 0.245 e. The number of benzene rings is 1. The molecule has 0 unspecified atom stereocenters. The van der Waals surface area contributed by atoms with Crippen LogP contribution in [0.1, 0.15) is 19.3 Å². The maximum absolute atomic E-state index is 10.4. The second-order valence-corrected chi connectivity index (χ2v) is 7.34. The number of nitrogens with zero attached hydrogens (tertiary/aromatic N) is 5. The zero-order valence-electron chi connectivity index (χ0n) is 15.7. The fourth-order valence-corrected chi connectivity index (χ4v) is 3.94. The van der Waals surface area contributed by atoms with E-state index in [2.05, 4.69) is 35.6 Å². The summed E-state index contributed by atoms with van der Waals surface area (Å²) in [6.07, 6.45) is 8.90. The molecule has 1 saturated heterocycles. The highest BCUT2D eigenvalue weighted by Crippen LogP contribution is 2.35. The summed E-state index contributed by atoms with van der Waals surface area (Å²) in [6, 6.07) is 5.45. The van der Waals surface area contributed by atoms with Gasteiger partial charge in [0.1, 0.15) is 11.4 Å².